The van der Waals surface area contributed by atoms with Crippen molar-refractivity contribution in [1.82, 2.24) is 4.98 Å². The van der Waals surface area contributed by atoms with Gasteiger partial charge in [0.2, 0.25) is 0 Å². The highest BCUT2D eigenvalue weighted by molar-refractivity contribution is 9.10. The minimum atomic E-state index is -1.09. The van der Waals surface area contributed by atoms with Gasteiger partial charge in [0, 0.05) is 10.8 Å². The lowest BCUT2D eigenvalue weighted by Crippen LogP contribution is -2.13. The molecule has 22 heavy (non-hydrogen) atoms. The average molecular weight is 385 g/mol. The number of ether oxygens (including phenoxy) is 1. The summed E-state index contributed by atoms with van der Waals surface area (Å²) in [6.45, 7) is 0. The first-order valence-corrected chi connectivity index (χ1v) is 8.83. The van der Waals surface area contributed by atoms with E-state index in [-0.39, 0.29) is 18.3 Å². The molecule has 1 unspecified atom stereocenters. The van der Waals surface area contributed by atoms with Crippen LogP contribution in [0.2, 0.25) is 0 Å². The van der Waals surface area contributed by atoms with Crippen LogP contribution in [0.4, 0.5) is 5.69 Å². The van der Waals surface area contributed by atoms with Crippen LogP contribution >= 0.6 is 15.9 Å². The van der Waals surface area contributed by atoms with Gasteiger partial charge in [-0.15, -0.1) is 0 Å². The molecule has 1 aliphatic heterocycles. The van der Waals surface area contributed by atoms with E-state index in [1.165, 1.54) is 7.11 Å². The molecule has 0 radical (unpaired) electrons. The highest BCUT2D eigenvalue weighted by Crippen LogP contribution is 2.28. The molecule has 1 aromatic heterocycles. The summed E-state index contributed by atoms with van der Waals surface area (Å²) in [4.78, 5) is 16.0. The van der Waals surface area contributed by atoms with Crippen molar-refractivity contribution in [3.8, 4) is 0 Å². The Morgan fingerprint density at radius 1 is 1.50 bits per heavy atom. The summed E-state index contributed by atoms with van der Waals surface area (Å²) in [6, 6.07) is 3.58. The van der Waals surface area contributed by atoms with E-state index in [9.17, 15) is 9.00 Å². The maximum absolute atomic E-state index is 11.6. The van der Waals surface area contributed by atoms with E-state index in [0.29, 0.717) is 18.5 Å². The first kappa shape index (κ1) is 16.9. The zero-order valence-electron chi connectivity index (χ0n) is 12.1. The van der Waals surface area contributed by atoms with Gasteiger partial charge in [0.05, 0.1) is 35.7 Å². The Labute approximate surface area is 140 Å². The van der Waals surface area contributed by atoms with Crippen molar-refractivity contribution in [2.75, 3.05) is 12.8 Å². The smallest absolute Gasteiger partial charge is 0.306 e. The number of nitrogen functional groups attached to an aromatic ring is 1. The quantitative estimate of drug-likeness (QED) is 0.602. The lowest BCUT2D eigenvalue weighted by atomic mass is 9.91. The molecule has 0 fully saturated rings. The van der Waals surface area contributed by atoms with Crippen molar-refractivity contribution in [1.29, 1.82) is 0 Å². The number of carbonyl (C=O) groups excluding carboxylic acids is 1. The number of nitrogens with two attached hydrogens (primary N) is 1. The Balaban J connectivity index is 2.11. The van der Waals surface area contributed by atoms with Gasteiger partial charge in [0.15, 0.2) is 0 Å². The Morgan fingerprint density at radius 2 is 2.27 bits per heavy atom. The molecule has 0 spiro atoms. The standard InChI is InChI=1S/C15H17BrN2O3S/c1-21-15(19)8-10(11-6-7-22(20)9-11)2-4-13-12(17)3-5-14(16)18-13/h3,5-7,9-10H,2,4,8,17H2,1H3/t10-,22?/m0/s1. The van der Waals surface area contributed by atoms with Gasteiger partial charge in [-0.1, -0.05) is 0 Å². The molecular weight excluding hydrogens is 368 g/mol. The third kappa shape index (κ3) is 4.51. The Hall–Kier alpha value is -1.47. The van der Waals surface area contributed by atoms with Crippen LogP contribution in [0, 0.1) is 5.92 Å². The predicted molar refractivity (Wildman–Crippen MR) is 90.2 cm³/mol. The van der Waals surface area contributed by atoms with Gasteiger partial charge in [-0.2, -0.15) is 0 Å². The van der Waals surface area contributed by atoms with Gasteiger partial charge in [-0.05, 0) is 58.5 Å². The van der Waals surface area contributed by atoms with Gasteiger partial charge >= 0.3 is 5.97 Å². The first-order valence-electron chi connectivity index (χ1n) is 6.76. The van der Waals surface area contributed by atoms with Crippen LogP contribution in [-0.2, 0) is 26.8 Å². The minimum absolute atomic E-state index is 0.0599. The second-order valence-corrected chi connectivity index (χ2v) is 6.91. The van der Waals surface area contributed by atoms with E-state index in [2.05, 4.69) is 20.9 Å². The first-order chi connectivity index (χ1) is 10.5. The SMILES string of the molecule is COC(=O)C[C@H](CCc1nc(Br)ccc1N)C1=CS(=O)C=C1. The summed E-state index contributed by atoms with van der Waals surface area (Å²) in [5.74, 6) is -0.345. The molecule has 118 valence electrons. The number of rotatable bonds is 6. The van der Waals surface area contributed by atoms with Crippen LogP contribution in [0.5, 0.6) is 0 Å². The van der Waals surface area contributed by atoms with Crippen molar-refractivity contribution in [3.63, 3.8) is 0 Å². The molecule has 0 saturated heterocycles. The van der Waals surface area contributed by atoms with E-state index >= 15 is 0 Å². The molecule has 2 atom stereocenters. The number of allylic oxidation sites excluding steroid dienone is 2. The molecule has 5 nitrogen and oxygen atoms in total. The zero-order valence-corrected chi connectivity index (χ0v) is 14.5. The number of carbonyl (C=O) groups is 1. The predicted octanol–water partition coefficient (Wildman–Crippen LogP) is 2.70. The van der Waals surface area contributed by atoms with E-state index in [1.54, 1.807) is 29.0 Å². The average Bonchev–Trinajstić information content (AvgIpc) is 2.92. The molecule has 7 heteroatoms. The van der Waals surface area contributed by atoms with Crippen LogP contribution in [0.25, 0.3) is 0 Å². The zero-order chi connectivity index (χ0) is 16.1. The van der Waals surface area contributed by atoms with Crippen LogP contribution in [0.1, 0.15) is 18.5 Å². The Kier molecular flexibility index (Phi) is 5.90. The third-order valence-electron chi connectivity index (χ3n) is 3.46. The van der Waals surface area contributed by atoms with Crippen LogP contribution in [0.3, 0.4) is 0 Å². The van der Waals surface area contributed by atoms with Gasteiger partial charge in [-0.3, -0.25) is 9.00 Å². The number of hydrogen-bond acceptors (Lipinski definition) is 5. The Bertz CT molecular complexity index is 658. The number of esters is 1. The second kappa shape index (κ2) is 7.69. The summed E-state index contributed by atoms with van der Waals surface area (Å²) < 4.78 is 17.0. The molecule has 2 rings (SSSR count). The topological polar surface area (TPSA) is 82.3 Å². The lowest BCUT2D eigenvalue weighted by molar-refractivity contribution is -0.141. The molecule has 0 aliphatic carbocycles. The molecular formula is C15H17BrN2O3S. The molecule has 1 aromatic rings. The number of aromatic nitrogens is 1. The lowest BCUT2D eigenvalue weighted by Gasteiger charge is -2.16. The number of aryl methyl sites for hydroxylation is 1. The number of hydrogen-bond donors (Lipinski definition) is 1. The molecule has 0 saturated carbocycles. The summed E-state index contributed by atoms with van der Waals surface area (Å²) in [7, 11) is 0.276. The van der Waals surface area contributed by atoms with Crippen LogP contribution in [-0.4, -0.2) is 22.3 Å². The molecule has 0 aromatic carbocycles. The summed E-state index contributed by atoms with van der Waals surface area (Å²) >= 11 is 3.33. The van der Waals surface area contributed by atoms with Crippen molar-refractivity contribution < 1.29 is 13.7 Å². The maximum atomic E-state index is 11.6. The normalized spacial score (nSPS) is 18.1. The highest BCUT2D eigenvalue weighted by Gasteiger charge is 2.21. The maximum Gasteiger partial charge on any atom is 0.306 e. The number of halogens is 1. The number of pyridine rings is 1. The molecule has 1 aliphatic rings. The second-order valence-electron chi connectivity index (χ2n) is 4.93. The fourth-order valence-electron chi connectivity index (χ4n) is 2.26. The molecule has 2 heterocycles. The van der Waals surface area contributed by atoms with Gasteiger partial charge < -0.3 is 10.5 Å². The number of anilines is 1. The monoisotopic (exact) mass is 384 g/mol. The fraction of sp³-hybridized carbons (Fsp3) is 0.333. The summed E-state index contributed by atoms with van der Waals surface area (Å²) in [6.07, 6.45) is 3.36. The van der Waals surface area contributed by atoms with Crippen molar-refractivity contribution in [2.24, 2.45) is 5.92 Å². The Morgan fingerprint density at radius 3 is 2.91 bits per heavy atom. The highest BCUT2D eigenvalue weighted by atomic mass is 79.9. The van der Waals surface area contributed by atoms with E-state index < -0.39 is 10.8 Å². The third-order valence-corrected chi connectivity index (χ3v) is 4.81. The van der Waals surface area contributed by atoms with Crippen LogP contribution < -0.4 is 5.73 Å². The number of nitrogens with zero attached hydrogens (tertiary/aromatic N) is 1. The van der Waals surface area contributed by atoms with E-state index in [0.717, 1.165) is 15.9 Å². The van der Waals surface area contributed by atoms with E-state index in [1.807, 2.05) is 0 Å². The number of methoxy groups -OCH3 is 1. The van der Waals surface area contributed by atoms with Crippen molar-refractivity contribution >= 4 is 38.4 Å². The molecule has 0 amide bonds. The van der Waals surface area contributed by atoms with Gasteiger partial charge in [0.1, 0.15) is 4.60 Å². The largest absolute Gasteiger partial charge is 0.469 e. The molecule has 0 bridgehead atoms. The van der Waals surface area contributed by atoms with E-state index in [4.69, 9.17) is 10.5 Å². The van der Waals surface area contributed by atoms with Crippen molar-refractivity contribution in [2.45, 2.75) is 19.3 Å². The fourth-order valence-corrected chi connectivity index (χ4v) is 3.51. The van der Waals surface area contributed by atoms with Gasteiger partial charge in [-0.25, -0.2) is 4.98 Å². The van der Waals surface area contributed by atoms with Gasteiger partial charge in [0.25, 0.3) is 0 Å². The van der Waals surface area contributed by atoms with Crippen LogP contribution in [0.15, 0.2) is 39.2 Å². The van der Waals surface area contributed by atoms with Crippen molar-refractivity contribution in [3.05, 3.63) is 44.9 Å². The minimum Gasteiger partial charge on any atom is -0.469 e. The molecule has 2 N–H and O–H groups in total. The summed E-state index contributed by atoms with van der Waals surface area (Å²) in [5.41, 5.74) is 8.24. The summed E-state index contributed by atoms with van der Waals surface area (Å²) in [5, 5.41) is 3.29.